The van der Waals surface area contributed by atoms with Crippen LogP contribution in [0.3, 0.4) is 0 Å². The molecule has 3 heteroatoms. The Kier molecular flexibility index (Phi) is 5.67. The number of hydrogen-bond acceptors (Lipinski definition) is 3. The van der Waals surface area contributed by atoms with Gasteiger partial charge in [-0.05, 0) is 56.8 Å². The van der Waals surface area contributed by atoms with E-state index in [1.165, 1.54) is 18.4 Å². The van der Waals surface area contributed by atoms with E-state index in [2.05, 4.69) is 24.4 Å². The number of benzene rings is 1. The van der Waals surface area contributed by atoms with Gasteiger partial charge in [-0.2, -0.15) is 0 Å². The Labute approximate surface area is 116 Å². The summed E-state index contributed by atoms with van der Waals surface area (Å²) in [7, 11) is 0. The Morgan fingerprint density at radius 3 is 2.58 bits per heavy atom. The molecular formula is C16H25NO2. The molecular weight excluding hydrogens is 238 g/mol. The molecule has 1 unspecified atom stereocenters. The average Bonchev–Trinajstić information content (AvgIpc) is 3.26. The minimum atomic E-state index is 0.415. The number of ether oxygens (including phenoxy) is 2. The molecule has 1 fully saturated rings. The molecule has 1 saturated carbocycles. The Bertz CT molecular complexity index is 360. The summed E-state index contributed by atoms with van der Waals surface area (Å²) in [4.78, 5) is 0. The fourth-order valence-electron chi connectivity index (χ4n) is 2.00. The lowest BCUT2D eigenvalue weighted by molar-refractivity contribution is 0.110. The first-order valence-electron chi connectivity index (χ1n) is 7.33. The van der Waals surface area contributed by atoms with Gasteiger partial charge >= 0.3 is 0 Å². The van der Waals surface area contributed by atoms with Crippen LogP contribution in [0.5, 0.6) is 5.75 Å². The van der Waals surface area contributed by atoms with E-state index in [9.17, 15) is 0 Å². The van der Waals surface area contributed by atoms with Crippen LogP contribution in [0, 0.1) is 5.92 Å². The zero-order valence-electron chi connectivity index (χ0n) is 12.0. The van der Waals surface area contributed by atoms with Gasteiger partial charge in [-0.15, -0.1) is 0 Å². The van der Waals surface area contributed by atoms with Crippen molar-refractivity contribution in [1.29, 1.82) is 0 Å². The summed E-state index contributed by atoms with van der Waals surface area (Å²) in [6, 6.07) is 8.77. The third kappa shape index (κ3) is 5.21. The van der Waals surface area contributed by atoms with Crippen LogP contribution in [0.15, 0.2) is 24.3 Å². The second-order valence-electron chi connectivity index (χ2n) is 5.19. The van der Waals surface area contributed by atoms with Crippen molar-refractivity contribution in [3.8, 4) is 5.75 Å². The van der Waals surface area contributed by atoms with Crippen molar-refractivity contribution in [2.24, 2.45) is 5.92 Å². The van der Waals surface area contributed by atoms with Gasteiger partial charge in [0.1, 0.15) is 12.4 Å². The van der Waals surface area contributed by atoms with Gasteiger partial charge in [-0.3, -0.25) is 0 Å². The lowest BCUT2D eigenvalue weighted by Crippen LogP contribution is -2.20. The molecule has 3 nitrogen and oxygen atoms in total. The minimum Gasteiger partial charge on any atom is -0.491 e. The van der Waals surface area contributed by atoms with Gasteiger partial charge in [0, 0.05) is 12.6 Å². The molecule has 0 radical (unpaired) electrons. The van der Waals surface area contributed by atoms with E-state index in [0.717, 1.165) is 24.8 Å². The summed E-state index contributed by atoms with van der Waals surface area (Å²) in [6.45, 7) is 7.36. The summed E-state index contributed by atoms with van der Waals surface area (Å²) < 4.78 is 10.8. The number of nitrogens with one attached hydrogen (secondary N) is 1. The normalized spacial score (nSPS) is 16.3. The SMILES string of the molecule is CCOCCOc1ccc(C(C)NCC2CC2)cc1. The maximum atomic E-state index is 5.61. The van der Waals surface area contributed by atoms with Crippen molar-refractivity contribution in [3.63, 3.8) is 0 Å². The largest absolute Gasteiger partial charge is 0.491 e. The zero-order chi connectivity index (χ0) is 13.5. The van der Waals surface area contributed by atoms with Crippen LogP contribution in [-0.2, 0) is 4.74 Å². The van der Waals surface area contributed by atoms with Gasteiger partial charge < -0.3 is 14.8 Å². The molecule has 0 heterocycles. The Morgan fingerprint density at radius 2 is 1.95 bits per heavy atom. The van der Waals surface area contributed by atoms with Crippen LogP contribution in [-0.4, -0.2) is 26.4 Å². The zero-order valence-corrected chi connectivity index (χ0v) is 12.0. The molecule has 2 rings (SSSR count). The van der Waals surface area contributed by atoms with Crippen LogP contribution in [0.25, 0.3) is 0 Å². The maximum absolute atomic E-state index is 5.61. The molecule has 0 aromatic heterocycles. The molecule has 1 atom stereocenters. The third-order valence-electron chi connectivity index (χ3n) is 3.49. The topological polar surface area (TPSA) is 30.5 Å². The molecule has 1 aliphatic rings. The first-order chi connectivity index (χ1) is 9.29. The summed E-state index contributed by atoms with van der Waals surface area (Å²) in [6.07, 6.45) is 2.79. The fraction of sp³-hybridized carbons (Fsp3) is 0.625. The lowest BCUT2D eigenvalue weighted by Gasteiger charge is -2.14. The van der Waals surface area contributed by atoms with Crippen molar-refractivity contribution < 1.29 is 9.47 Å². The molecule has 0 bridgehead atoms. The smallest absolute Gasteiger partial charge is 0.119 e. The van der Waals surface area contributed by atoms with Crippen molar-refractivity contribution in [2.75, 3.05) is 26.4 Å². The van der Waals surface area contributed by atoms with E-state index in [4.69, 9.17) is 9.47 Å². The highest BCUT2D eigenvalue weighted by Gasteiger charge is 2.21. The third-order valence-corrected chi connectivity index (χ3v) is 3.49. The van der Waals surface area contributed by atoms with E-state index in [0.29, 0.717) is 19.3 Å². The molecule has 1 N–H and O–H groups in total. The quantitative estimate of drug-likeness (QED) is 0.694. The van der Waals surface area contributed by atoms with Crippen LogP contribution in [0.4, 0.5) is 0 Å². The number of hydrogen-bond donors (Lipinski definition) is 1. The van der Waals surface area contributed by atoms with Crippen LogP contribution in [0.2, 0.25) is 0 Å². The van der Waals surface area contributed by atoms with E-state index in [1.54, 1.807) is 0 Å². The van der Waals surface area contributed by atoms with Gasteiger partial charge in [0.25, 0.3) is 0 Å². The maximum Gasteiger partial charge on any atom is 0.119 e. The number of rotatable bonds is 9. The highest BCUT2D eigenvalue weighted by molar-refractivity contribution is 5.28. The summed E-state index contributed by atoms with van der Waals surface area (Å²) in [5, 5.41) is 3.58. The summed E-state index contributed by atoms with van der Waals surface area (Å²) >= 11 is 0. The van der Waals surface area contributed by atoms with E-state index in [1.807, 2.05) is 19.1 Å². The molecule has 0 aliphatic heterocycles. The molecule has 1 aromatic rings. The molecule has 1 aromatic carbocycles. The summed E-state index contributed by atoms with van der Waals surface area (Å²) in [5.41, 5.74) is 1.32. The molecule has 0 spiro atoms. The lowest BCUT2D eigenvalue weighted by atomic mass is 10.1. The van der Waals surface area contributed by atoms with Crippen LogP contribution < -0.4 is 10.1 Å². The first kappa shape index (κ1) is 14.4. The van der Waals surface area contributed by atoms with Gasteiger partial charge in [0.15, 0.2) is 0 Å². The minimum absolute atomic E-state index is 0.415. The predicted octanol–water partition coefficient (Wildman–Crippen LogP) is 3.16. The first-order valence-corrected chi connectivity index (χ1v) is 7.33. The highest BCUT2D eigenvalue weighted by Crippen LogP contribution is 2.28. The Morgan fingerprint density at radius 1 is 1.21 bits per heavy atom. The average molecular weight is 263 g/mol. The molecule has 0 amide bonds. The van der Waals surface area contributed by atoms with E-state index >= 15 is 0 Å². The van der Waals surface area contributed by atoms with Crippen LogP contribution in [0.1, 0.15) is 38.3 Å². The fourth-order valence-corrected chi connectivity index (χ4v) is 2.00. The predicted molar refractivity (Wildman–Crippen MR) is 77.6 cm³/mol. The molecule has 0 saturated heterocycles. The monoisotopic (exact) mass is 263 g/mol. The summed E-state index contributed by atoms with van der Waals surface area (Å²) in [5.74, 6) is 1.83. The van der Waals surface area contributed by atoms with E-state index < -0.39 is 0 Å². The van der Waals surface area contributed by atoms with Crippen molar-refractivity contribution in [1.82, 2.24) is 5.32 Å². The Hall–Kier alpha value is -1.06. The van der Waals surface area contributed by atoms with Crippen molar-refractivity contribution >= 4 is 0 Å². The second kappa shape index (κ2) is 7.51. The molecule has 1 aliphatic carbocycles. The highest BCUT2D eigenvalue weighted by atomic mass is 16.5. The standard InChI is InChI=1S/C16H25NO2/c1-3-18-10-11-19-16-8-6-15(7-9-16)13(2)17-12-14-4-5-14/h6-9,13-14,17H,3-5,10-12H2,1-2H3. The van der Waals surface area contributed by atoms with Gasteiger partial charge in [-0.25, -0.2) is 0 Å². The Balaban J connectivity index is 1.72. The van der Waals surface area contributed by atoms with Gasteiger partial charge in [0.2, 0.25) is 0 Å². The van der Waals surface area contributed by atoms with Crippen molar-refractivity contribution in [3.05, 3.63) is 29.8 Å². The molecule has 19 heavy (non-hydrogen) atoms. The molecule has 106 valence electrons. The van der Waals surface area contributed by atoms with Gasteiger partial charge in [-0.1, -0.05) is 12.1 Å². The van der Waals surface area contributed by atoms with Crippen molar-refractivity contribution in [2.45, 2.75) is 32.7 Å². The van der Waals surface area contributed by atoms with Crippen LogP contribution >= 0.6 is 0 Å². The second-order valence-corrected chi connectivity index (χ2v) is 5.19. The van der Waals surface area contributed by atoms with E-state index in [-0.39, 0.29) is 0 Å². The van der Waals surface area contributed by atoms with Gasteiger partial charge in [0.05, 0.1) is 6.61 Å².